The van der Waals surface area contributed by atoms with Gasteiger partial charge in [-0.25, -0.2) is 9.97 Å². The van der Waals surface area contributed by atoms with Gasteiger partial charge in [-0.05, 0) is 90.6 Å². The van der Waals surface area contributed by atoms with Gasteiger partial charge in [0.2, 0.25) is 11.8 Å². The summed E-state index contributed by atoms with van der Waals surface area (Å²) in [6.45, 7) is 14.5. The van der Waals surface area contributed by atoms with Gasteiger partial charge in [-0.3, -0.25) is 24.3 Å². The molecule has 5 aliphatic heterocycles. The maximum Gasteiger partial charge on any atom is 0.245 e. The van der Waals surface area contributed by atoms with Crippen LogP contribution in [0, 0.1) is 0 Å². The van der Waals surface area contributed by atoms with E-state index in [0.717, 1.165) is 97.4 Å². The molecule has 11 heteroatoms. The minimum atomic E-state index is -0.715. The summed E-state index contributed by atoms with van der Waals surface area (Å²) >= 11 is 0. The van der Waals surface area contributed by atoms with Crippen LogP contribution in [0.3, 0.4) is 0 Å². The molecule has 2 amide bonds. The number of amides is 2. The van der Waals surface area contributed by atoms with Crippen molar-refractivity contribution in [2.24, 2.45) is 0 Å². The Hall–Kier alpha value is -5.88. The molecule has 64 heavy (non-hydrogen) atoms. The molecule has 7 heterocycles. The molecule has 2 fully saturated rings. The van der Waals surface area contributed by atoms with Crippen molar-refractivity contribution < 1.29 is 9.59 Å². The van der Waals surface area contributed by atoms with E-state index in [4.69, 9.17) is 9.97 Å². The second-order valence-electron chi connectivity index (χ2n) is 18.6. The number of hydrogen-bond donors (Lipinski definition) is 2. The van der Waals surface area contributed by atoms with Gasteiger partial charge < -0.3 is 19.8 Å². The van der Waals surface area contributed by atoms with Gasteiger partial charge in [-0.15, -0.1) is 0 Å². The Morgan fingerprint density at radius 1 is 0.625 bits per heavy atom. The molecule has 0 spiro atoms. The summed E-state index contributed by atoms with van der Waals surface area (Å²) in [6.07, 6.45) is 5.68. The van der Waals surface area contributed by atoms with Gasteiger partial charge in [0.15, 0.2) is 0 Å². The third-order valence-corrected chi connectivity index (χ3v) is 15.7. The lowest BCUT2D eigenvalue weighted by molar-refractivity contribution is -0.141. The van der Waals surface area contributed by atoms with Crippen LogP contribution in [0.2, 0.25) is 0 Å². The molecule has 0 saturated carbocycles. The smallest absolute Gasteiger partial charge is 0.245 e. The quantitative estimate of drug-likeness (QED) is 0.128. The van der Waals surface area contributed by atoms with Crippen molar-refractivity contribution in [1.29, 1.82) is 0 Å². The van der Waals surface area contributed by atoms with Crippen molar-refractivity contribution in [3.05, 3.63) is 166 Å². The Labute approximate surface area is 376 Å². The third-order valence-electron chi connectivity index (χ3n) is 15.7. The molecule has 6 aromatic rings. The van der Waals surface area contributed by atoms with Crippen molar-refractivity contribution in [2.45, 2.75) is 88.6 Å². The molecular weight excluding hydrogens is 795 g/mol. The van der Waals surface area contributed by atoms with Gasteiger partial charge in [0.05, 0.1) is 0 Å². The number of rotatable bonds is 12. The van der Waals surface area contributed by atoms with Crippen LogP contribution in [0.5, 0.6) is 0 Å². The zero-order chi connectivity index (χ0) is 43.9. The molecule has 11 nitrogen and oxygen atoms in total. The van der Waals surface area contributed by atoms with Crippen LogP contribution >= 0.6 is 0 Å². The number of carbonyl (C=O) groups excluding carboxylic acids is 2. The first kappa shape index (κ1) is 40.9. The molecule has 0 aliphatic carbocycles. The van der Waals surface area contributed by atoms with E-state index >= 15 is 9.59 Å². The van der Waals surface area contributed by atoms with E-state index in [9.17, 15) is 0 Å². The SMILES string of the molecule is CCN(CC)[C@H](C(=O)N1CCC2c3cnc([nH]3)[C@@]21c1ccc2c(c1)CN(C)Cc1cc([C@]34c5ncc([nH]5)C3CCN4C(=O)[C@H](c3ccccc3)N(CC)CC)ccc1-2)c1ccccc1. The average Bonchev–Trinajstić information content (AvgIpc) is 4.19. The molecule has 328 valence electrons. The molecule has 0 radical (unpaired) electrons. The molecule has 2 unspecified atom stereocenters. The minimum absolute atomic E-state index is 0.106. The summed E-state index contributed by atoms with van der Waals surface area (Å²) in [6, 6.07) is 33.6. The summed E-state index contributed by atoms with van der Waals surface area (Å²) in [4.78, 5) is 59.1. The fraction of sp³-hybridized carbons (Fsp3) is 0.396. The molecule has 2 N–H and O–H groups in total. The van der Waals surface area contributed by atoms with Gasteiger partial charge in [-0.2, -0.15) is 0 Å². The van der Waals surface area contributed by atoms with Gasteiger partial charge in [0, 0.05) is 61.8 Å². The second kappa shape index (κ2) is 15.7. The minimum Gasteiger partial charge on any atom is -0.343 e. The Bertz CT molecular complexity index is 2540. The summed E-state index contributed by atoms with van der Waals surface area (Å²) in [5.41, 5.74) is 9.91. The zero-order valence-electron chi connectivity index (χ0n) is 37.7. The van der Waals surface area contributed by atoms with Crippen molar-refractivity contribution in [3.63, 3.8) is 0 Å². The van der Waals surface area contributed by atoms with Crippen LogP contribution in [0.1, 0.15) is 121 Å². The van der Waals surface area contributed by atoms with Gasteiger partial charge in [0.25, 0.3) is 0 Å². The highest BCUT2D eigenvalue weighted by Gasteiger charge is 2.62. The van der Waals surface area contributed by atoms with Gasteiger partial charge in [-0.1, -0.05) is 125 Å². The van der Waals surface area contributed by atoms with E-state index in [-0.39, 0.29) is 23.7 Å². The topological polar surface area (TPSA) is 108 Å². The van der Waals surface area contributed by atoms with E-state index < -0.39 is 23.2 Å². The monoisotopic (exact) mass is 853 g/mol. The van der Waals surface area contributed by atoms with Crippen LogP contribution in [0.15, 0.2) is 109 Å². The number of nitrogens with one attached hydrogen (secondary N) is 2. The van der Waals surface area contributed by atoms with Crippen LogP contribution in [-0.4, -0.2) is 103 Å². The average molecular weight is 854 g/mol. The number of nitrogens with zero attached hydrogens (tertiary/aromatic N) is 7. The van der Waals surface area contributed by atoms with Gasteiger partial charge in [0.1, 0.15) is 34.8 Å². The van der Waals surface area contributed by atoms with Crippen LogP contribution in [-0.2, 0) is 33.8 Å². The van der Waals surface area contributed by atoms with Crippen LogP contribution in [0.4, 0.5) is 0 Å². The summed E-state index contributed by atoms with van der Waals surface area (Å²) < 4.78 is 0. The predicted molar refractivity (Wildman–Crippen MR) is 248 cm³/mol. The molecule has 6 atom stereocenters. The number of benzene rings is 4. The number of H-pyrrole nitrogens is 2. The highest BCUT2D eigenvalue weighted by atomic mass is 16.2. The number of aromatic nitrogens is 4. The Morgan fingerprint density at radius 2 is 1.03 bits per heavy atom. The van der Waals surface area contributed by atoms with Crippen molar-refractivity contribution >= 4 is 11.8 Å². The predicted octanol–water partition coefficient (Wildman–Crippen LogP) is 8.06. The lowest BCUT2D eigenvalue weighted by Gasteiger charge is -2.43. The molecule has 5 aliphatic rings. The van der Waals surface area contributed by atoms with E-state index in [2.05, 4.69) is 130 Å². The number of fused-ring (bicyclic) bond motifs is 13. The highest BCUT2D eigenvalue weighted by molar-refractivity contribution is 5.87. The Balaban J connectivity index is 0.993. The maximum absolute atomic E-state index is 15.3. The second-order valence-corrected chi connectivity index (χ2v) is 18.6. The highest BCUT2D eigenvalue weighted by Crippen LogP contribution is 2.59. The number of imidazole rings is 2. The first-order chi connectivity index (χ1) is 31.3. The molecule has 4 bridgehead atoms. The lowest BCUT2D eigenvalue weighted by atomic mass is 9.75. The molecule has 2 saturated heterocycles. The summed E-state index contributed by atoms with van der Waals surface area (Å²) in [5.74, 6) is 2.17. The number of carbonyl (C=O) groups is 2. The van der Waals surface area contributed by atoms with Gasteiger partial charge >= 0.3 is 0 Å². The summed E-state index contributed by atoms with van der Waals surface area (Å²) in [5, 5.41) is 0. The first-order valence-corrected chi connectivity index (χ1v) is 23.5. The van der Waals surface area contributed by atoms with Crippen molar-refractivity contribution in [2.75, 3.05) is 46.3 Å². The zero-order valence-corrected chi connectivity index (χ0v) is 37.7. The summed E-state index contributed by atoms with van der Waals surface area (Å²) in [7, 11) is 2.20. The Morgan fingerprint density at radius 3 is 1.42 bits per heavy atom. The molecule has 11 rings (SSSR count). The third kappa shape index (κ3) is 5.76. The first-order valence-electron chi connectivity index (χ1n) is 23.5. The van der Waals surface area contributed by atoms with E-state index in [0.29, 0.717) is 13.1 Å². The number of likely N-dealkylation sites (N-methyl/N-ethyl adjacent to an activating group) is 2. The van der Waals surface area contributed by atoms with E-state index in [1.165, 1.54) is 22.3 Å². The van der Waals surface area contributed by atoms with Crippen molar-refractivity contribution in [3.8, 4) is 11.1 Å². The molecular formula is C53H59N9O2. The molecule has 2 aromatic heterocycles. The number of likely N-dealkylation sites (tertiary alicyclic amines) is 2. The standard InChI is InChI=1S/C53H59N9O2/c1-6-59(7-2)46(34-16-12-10-13-17-34)48(63)61-26-24-42-44-30-54-50(56-44)52(42,61)38-20-22-40-36(28-38)32-58(5)33-37-29-39(21-23-41(37)40)53-43(45-31-55-51(53)57-45)25-27-62(53)49(64)47(60(8-3)9-4)35-18-14-11-15-19-35/h10-23,28-31,42-43,46-47H,6-9,24-27,32-33H2,1-5H3,(H,54,56)(H,55,57)/t42?,43?,46-,47-,52+,53+/m0/s1. The van der Waals surface area contributed by atoms with Crippen LogP contribution in [0.25, 0.3) is 11.1 Å². The normalized spacial score (nSPS) is 23.9. The fourth-order valence-electron chi connectivity index (χ4n) is 12.8. The van der Waals surface area contributed by atoms with Crippen molar-refractivity contribution in [1.82, 2.24) is 44.4 Å². The Kier molecular flexibility index (Phi) is 10.0. The maximum atomic E-state index is 15.3. The number of hydrogen-bond acceptors (Lipinski definition) is 7. The van der Waals surface area contributed by atoms with E-state index in [1.54, 1.807) is 0 Å². The molecule has 4 aromatic carbocycles. The van der Waals surface area contributed by atoms with Crippen LogP contribution < -0.4 is 0 Å². The fourth-order valence-corrected chi connectivity index (χ4v) is 12.8. The van der Waals surface area contributed by atoms with E-state index in [1.807, 2.05) is 48.8 Å². The lowest BCUT2D eigenvalue weighted by Crippen LogP contribution is -2.52. The number of aromatic amines is 2. The largest absolute Gasteiger partial charge is 0.343 e.